The Labute approximate surface area is 355 Å². The van der Waals surface area contributed by atoms with Gasteiger partial charge in [0.2, 0.25) is 12.2 Å². The second-order valence-corrected chi connectivity index (χ2v) is 19.0. The van der Waals surface area contributed by atoms with E-state index in [1.807, 2.05) is 62.3 Å². The highest BCUT2D eigenvalue weighted by molar-refractivity contribution is 6.76. The highest BCUT2D eigenvalue weighted by Crippen LogP contribution is 2.43. The van der Waals surface area contributed by atoms with Crippen LogP contribution in [0.25, 0.3) is 0 Å². The lowest BCUT2D eigenvalue weighted by molar-refractivity contribution is -0.308. The first-order valence-electron chi connectivity index (χ1n) is 19.4. The molecule has 6 aliphatic rings. The minimum Gasteiger partial charge on any atom is -0.448 e. The summed E-state index contributed by atoms with van der Waals surface area (Å²) in [4.78, 5) is 32.5. The van der Waals surface area contributed by atoms with Crippen LogP contribution in [0.4, 0.5) is 0 Å². The van der Waals surface area contributed by atoms with Gasteiger partial charge in [-0.3, -0.25) is 5.41 Å². The summed E-state index contributed by atoms with van der Waals surface area (Å²) in [6.07, 6.45) is -3.57. The summed E-state index contributed by atoms with van der Waals surface area (Å²) >= 11 is 17.3. The number of halogens is 3. The summed E-state index contributed by atoms with van der Waals surface area (Å²) in [6.45, 7) is 24.8. The lowest BCUT2D eigenvalue weighted by Crippen LogP contribution is -2.56. The van der Waals surface area contributed by atoms with Gasteiger partial charge in [0.25, 0.3) is 3.79 Å². The molecule has 58 heavy (non-hydrogen) atoms. The Morgan fingerprint density at radius 1 is 0.621 bits per heavy atom. The third kappa shape index (κ3) is 12.9. The molecule has 18 atom stereocenters. The van der Waals surface area contributed by atoms with Crippen molar-refractivity contribution in [1.29, 1.82) is 5.41 Å². The number of nitrogens with one attached hydrogen (secondary N) is 1. The molecular weight excluding hydrogens is 833 g/mol. The predicted molar refractivity (Wildman–Crippen MR) is 202 cm³/mol. The predicted octanol–water partition coefficient (Wildman–Crippen LogP) is 4.99. The van der Waals surface area contributed by atoms with Crippen molar-refractivity contribution in [3.63, 3.8) is 0 Å². The molecule has 0 saturated carbocycles. The number of aliphatic hydroxyl groups is 1. The molecule has 17 nitrogen and oxygen atoms in total. The van der Waals surface area contributed by atoms with E-state index < -0.39 is 46.4 Å². The van der Waals surface area contributed by atoms with Gasteiger partial charge in [-0.1, -0.05) is 76.3 Å². The largest absolute Gasteiger partial charge is 0.448 e. The van der Waals surface area contributed by atoms with Gasteiger partial charge in [-0.05, 0) is 41.5 Å². The maximum atomic E-state index is 10.1. The number of aliphatic hydroxyl groups excluding tert-OH is 1. The Morgan fingerprint density at radius 2 is 0.983 bits per heavy atom. The van der Waals surface area contributed by atoms with E-state index in [1.165, 1.54) is 0 Å². The van der Waals surface area contributed by atoms with Crippen molar-refractivity contribution in [3.8, 4) is 0 Å². The Kier molecular flexibility index (Phi) is 18.6. The smallest absolute Gasteiger partial charge is 0.373 e. The molecule has 6 rings (SSSR count). The van der Waals surface area contributed by atoms with Gasteiger partial charge in [-0.2, -0.15) is 19.2 Å². The number of alkyl halides is 3. The molecule has 7 unspecified atom stereocenters. The van der Waals surface area contributed by atoms with Crippen molar-refractivity contribution in [3.05, 3.63) is 0 Å². The van der Waals surface area contributed by atoms with E-state index in [-0.39, 0.29) is 96.6 Å². The van der Waals surface area contributed by atoms with Crippen LogP contribution in [0.3, 0.4) is 0 Å². The molecule has 0 aromatic heterocycles. The number of hydrogen-bond acceptors (Lipinski definition) is 17. The van der Waals surface area contributed by atoms with Crippen molar-refractivity contribution < 1.29 is 76.4 Å². The summed E-state index contributed by atoms with van der Waals surface area (Å²) in [5.74, 6) is -1.52. The monoisotopic (exact) mass is 891 g/mol. The molecule has 0 aromatic carbocycles. The van der Waals surface area contributed by atoms with Crippen molar-refractivity contribution in [1.82, 2.24) is 0 Å². The van der Waals surface area contributed by atoms with Crippen molar-refractivity contribution >= 4 is 53.0 Å². The first-order chi connectivity index (χ1) is 26.8. The summed E-state index contributed by atoms with van der Waals surface area (Å²) in [5, 5.41) is 17.9. The number of rotatable bonds is 5. The van der Waals surface area contributed by atoms with Crippen LogP contribution in [0.15, 0.2) is 0 Å². The van der Waals surface area contributed by atoms with E-state index >= 15 is 0 Å². The molecule has 6 saturated heterocycles. The van der Waals surface area contributed by atoms with E-state index in [0.717, 1.165) is 0 Å². The molecule has 6 heterocycles. The van der Waals surface area contributed by atoms with Gasteiger partial charge in [0.15, 0.2) is 30.4 Å². The molecule has 0 radical (unpaired) electrons. The number of hydrogen-bond donors (Lipinski definition) is 2. The molecule has 334 valence electrons. The Bertz CT molecular complexity index is 1380. The first-order valence-corrected chi connectivity index (χ1v) is 20.5. The zero-order chi connectivity index (χ0) is 44.1. The second kappa shape index (κ2) is 21.2. The number of fused-ring (bicyclic) bond motifs is 2. The molecule has 0 aliphatic carbocycles. The van der Waals surface area contributed by atoms with Crippen LogP contribution in [0.5, 0.6) is 0 Å². The third-order valence-corrected chi connectivity index (χ3v) is 11.8. The van der Waals surface area contributed by atoms with Crippen LogP contribution in [0.1, 0.15) is 83.1 Å². The topological polar surface area (TPSA) is 214 Å². The van der Waals surface area contributed by atoms with Crippen molar-refractivity contribution in [2.45, 2.75) is 172 Å². The summed E-state index contributed by atoms with van der Waals surface area (Å²) in [7, 11) is 0. The fraction of sp³-hybridized carbons (Fsp3) is 0.921. The van der Waals surface area contributed by atoms with E-state index in [4.69, 9.17) is 111 Å². The van der Waals surface area contributed by atoms with Gasteiger partial charge in [-0.15, -0.1) is 0 Å². The normalized spacial score (nSPS) is 43.8. The zero-order valence-corrected chi connectivity index (χ0v) is 37.3. The second-order valence-electron chi connectivity index (χ2n) is 16.7. The Hall–Kier alpha value is -1.34. The molecule has 2 N–H and O–H groups in total. The summed E-state index contributed by atoms with van der Waals surface area (Å²) < 4.78 is 63.9. The van der Waals surface area contributed by atoms with Gasteiger partial charge in [0.1, 0.15) is 12.2 Å². The molecule has 20 heteroatoms. The SMILES string of the molecule is CC1OC(O)C(C)[C@@H](O[C@H]2OC[C@@H](C)[C@@H]3OC(C)(C)OC23)[C@@H]1C.CC1O[C@H](OC(=N)C(Cl)(Cl)Cl)C(C)[C@@H](O[C@H]2OC[C@@H](C)[C@@H]3OC(C)(C)OC23)[C@@H]1C.O=C=O.O=C=O. The van der Waals surface area contributed by atoms with Gasteiger partial charge < -0.3 is 57.2 Å². The van der Waals surface area contributed by atoms with Crippen LogP contribution in [-0.4, -0.2) is 126 Å². The van der Waals surface area contributed by atoms with Gasteiger partial charge >= 0.3 is 12.3 Å². The van der Waals surface area contributed by atoms with Crippen molar-refractivity contribution in [2.75, 3.05) is 13.2 Å². The van der Waals surface area contributed by atoms with Gasteiger partial charge in [-0.25, -0.2) is 0 Å². The van der Waals surface area contributed by atoms with E-state index in [1.54, 1.807) is 0 Å². The summed E-state index contributed by atoms with van der Waals surface area (Å²) in [5.41, 5.74) is 0. The van der Waals surface area contributed by atoms with Crippen LogP contribution in [0, 0.1) is 40.9 Å². The third-order valence-electron chi connectivity index (χ3n) is 11.2. The van der Waals surface area contributed by atoms with Gasteiger partial charge in [0, 0.05) is 35.5 Å². The van der Waals surface area contributed by atoms with Gasteiger partial charge in [0.05, 0.1) is 49.8 Å². The van der Waals surface area contributed by atoms with E-state index in [2.05, 4.69) is 20.8 Å². The fourth-order valence-electron chi connectivity index (χ4n) is 7.90. The average molecular weight is 893 g/mol. The average Bonchev–Trinajstić information content (AvgIpc) is 3.64. The lowest BCUT2D eigenvalue weighted by atomic mass is 9.86. The molecule has 0 amide bonds. The Morgan fingerprint density at radius 3 is 1.38 bits per heavy atom. The van der Waals surface area contributed by atoms with E-state index in [9.17, 15) is 5.11 Å². The lowest BCUT2D eigenvalue weighted by Gasteiger charge is -2.46. The van der Waals surface area contributed by atoms with E-state index in [0.29, 0.717) is 13.2 Å². The number of carbonyl (C=O) groups excluding carboxylic acids is 4. The quantitative estimate of drug-likeness (QED) is 0.211. The molecule has 6 fully saturated rings. The van der Waals surface area contributed by atoms with Crippen LogP contribution >= 0.6 is 34.8 Å². The molecular formula is C38H60Cl3NO16. The first kappa shape index (κ1) is 51.0. The van der Waals surface area contributed by atoms with Crippen LogP contribution in [0.2, 0.25) is 0 Å². The standard InChI is InChI=1S/C19H30Cl3NO6.C17H30O6.2CO2/c1-8-7-24-16(14-12(8)28-18(5,6)29-14)26-13-9(2)11(4)25-15(10(13)3)27-17(23)19(20,21)22;1-8-7-19-16(14-12(8)22-17(5,6)23-14)21-13-9(2)11(4)20-15(18)10(13)3;2*2-1-3/h8-16,23H,7H2,1-6H3;8-16,18H,7H2,1-6H3;;/t8-,9-,10?,11?,12+,13+,14?,15-,16-;8-,9-,10?,11?,12+,13+,14?,15?,16-;;/m11../s1. The summed E-state index contributed by atoms with van der Waals surface area (Å²) in [6, 6.07) is 0. The Balaban J connectivity index is 0.000000278. The fourth-order valence-corrected chi connectivity index (χ4v) is 8.03. The maximum absolute atomic E-state index is 10.1. The molecule has 6 aliphatic heterocycles. The molecule has 0 spiro atoms. The van der Waals surface area contributed by atoms with Crippen LogP contribution in [-0.2, 0) is 71.3 Å². The minimum atomic E-state index is -1.96. The number of ether oxygens (including phenoxy) is 11. The molecule has 0 aromatic rings. The zero-order valence-electron chi connectivity index (χ0n) is 35.0. The highest BCUT2D eigenvalue weighted by Gasteiger charge is 2.55. The van der Waals surface area contributed by atoms with Crippen LogP contribution < -0.4 is 0 Å². The molecule has 0 bridgehead atoms. The highest BCUT2D eigenvalue weighted by atomic mass is 35.6. The maximum Gasteiger partial charge on any atom is 0.373 e. The minimum absolute atomic E-state index is 0.0310. The van der Waals surface area contributed by atoms with Crippen molar-refractivity contribution in [2.24, 2.45) is 35.5 Å².